The summed E-state index contributed by atoms with van der Waals surface area (Å²) in [5.74, 6) is 1.07. The second-order valence-electron chi connectivity index (χ2n) is 6.04. The van der Waals surface area contributed by atoms with Crippen LogP contribution in [-0.2, 0) is 6.61 Å². The molecule has 0 N–H and O–H groups in total. The van der Waals surface area contributed by atoms with Crippen LogP contribution in [0.4, 0.5) is 0 Å². The van der Waals surface area contributed by atoms with Gasteiger partial charge in [0.2, 0.25) is 0 Å². The first-order valence-electron chi connectivity index (χ1n) is 7.72. The minimum atomic E-state index is -0.614. The minimum absolute atomic E-state index is 0.614. The molecule has 0 fully saturated rings. The summed E-state index contributed by atoms with van der Waals surface area (Å²) in [6, 6.07) is 19.0. The van der Waals surface area contributed by atoms with Crippen molar-refractivity contribution in [2.45, 2.75) is 45.4 Å². The van der Waals surface area contributed by atoms with E-state index < -0.39 is 8.80 Å². The van der Waals surface area contributed by atoms with Gasteiger partial charge in [0, 0.05) is 0 Å². The van der Waals surface area contributed by atoms with Crippen molar-refractivity contribution in [1.82, 2.24) is 0 Å². The van der Waals surface area contributed by atoms with Gasteiger partial charge in [0.05, 0.1) is 8.80 Å². The molecule has 0 aromatic heterocycles. The van der Waals surface area contributed by atoms with Crippen molar-refractivity contribution in [1.29, 1.82) is 0 Å². The number of hydrogen-bond donors (Lipinski definition) is 0. The lowest BCUT2D eigenvalue weighted by Gasteiger charge is -2.25. The molecule has 0 saturated heterocycles. The van der Waals surface area contributed by atoms with E-state index >= 15 is 0 Å². The summed E-state index contributed by atoms with van der Waals surface area (Å²) in [7, 11) is -0.614. The van der Waals surface area contributed by atoms with Crippen molar-refractivity contribution >= 4 is 14.0 Å². The van der Waals surface area contributed by atoms with Gasteiger partial charge in [-0.05, 0) is 27.9 Å². The van der Waals surface area contributed by atoms with E-state index in [-0.39, 0.29) is 0 Å². The molecule has 1 radical (unpaired) electrons. The lowest BCUT2D eigenvalue weighted by molar-refractivity contribution is 0.308. The molecule has 2 rings (SSSR count). The molecule has 2 aromatic rings. The van der Waals surface area contributed by atoms with Crippen LogP contribution in [0.5, 0.6) is 5.75 Å². The highest BCUT2D eigenvalue weighted by Gasteiger charge is 2.25. The molecule has 0 bridgehead atoms. The lowest BCUT2D eigenvalue weighted by Crippen LogP contribution is -2.36. The minimum Gasteiger partial charge on any atom is -0.489 e. The molecule has 1 nitrogen and oxygen atoms in total. The Bertz CT molecular complexity index is 541. The summed E-state index contributed by atoms with van der Waals surface area (Å²) in [5, 5.41) is 1.43. The Labute approximate surface area is 130 Å². The molecular weight excluding hydrogens is 272 g/mol. The maximum absolute atomic E-state index is 6.13. The molecule has 0 atom stereocenters. The quantitative estimate of drug-likeness (QED) is 0.697. The van der Waals surface area contributed by atoms with Crippen molar-refractivity contribution in [2.24, 2.45) is 0 Å². The van der Waals surface area contributed by atoms with Gasteiger partial charge in [0.25, 0.3) is 0 Å². The van der Waals surface area contributed by atoms with Crippen LogP contribution >= 0.6 is 0 Å². The maximum Gasteiger partial charge on any atom is 0.118 e. The average molecular weight is 297 g/mol. The van der Waals surface area contributed by atoms with Crippen molar-refractivity contribution in [2.75, 3.05) is 0 Å². The van der Waals surface area contributed by atoms with Gasteiger partial charge in [0.1, 0.15) is 12.4 Å². The molecule has 0 saturated carbocycles. The number of ether oxygens (including phenoxy) is 1. The van der Waals surface area contributed by atoms with Crippen LogP contribution in [0, 0.1) is 0 Å². The predicted octanol–water partition coefficient (Wildman–Crippen LogP) is 4.79. The van der Waals surface area contributed by atoms with Gasteiger partial charge in [0.15, 0.2) is 0 Å². The molecule has 0 aliphatic heterocycles. The Hall–Kier alpha value is -1.54. The normalized spacial score (nSPS) is 11.4. The number of para-hydroxylation sites is 1. The predicted molar refractivity (Wildman–Crippen MR) is 92.8 cm³/mol. The average Bonchev–Trinajstić information content (AvgIpc) is 2.47. The van der Waals surface area contributed by atoms with Crippen molar-refractivity contribution < 1.29 is 4.74 Å². The van der Waals surface area contributed by atoms with E-state index in [1.807, 2.05) is 6.07 Å². The monoisotopic (exact) mass is 297 g/mol. The highest BCUT2D eigenvalue weighted by molar-refractivity contribution is 6.76. The molecule has 0 aliphatic rings. The van der Waals surface area contributed by atoms with E-state index in [4.69, 9.17) is 4.74 Å². The van der Waals surface area contributed by atoms with Crippen LogP contribution in [0.3, 0.4) is 0 Å². The van der Waals surface area contributed by atoms with Crippen LogP contribution in [-0.4, -0.2) is 8.80 Å². The van der Waals surface area contributed by atoms with E-state index in [1.165, 1.54) is 10.8 Å². The van der Waals surface area contributed by atoms with Crippen LogP contribution in [0.2, 0.25) is 11.1 Å². The van der Waals surface area contributed by atoms with Crippen LogP contribution < -0.4 is 9.92 Å². The Kier molecular flexibility index (Phi) is 5.63. The van der Waals surface area contributed by atoms with Gasteiger partial charge < -0.3 is 4.74 Å². The van der Waals surface area contributed by atoms with Crippen LogP contribution in [0.25, 0.3) is 0 Å². The summed E-state index contributed by atoms with van der Waals surface area (Å²) >= 11 is 0. The Balaban J connectivity index is 2.20. The van der Waals surface area contributed by atoms with Gasteiger partial charge >= 0.3 is 0 Å². The Morgan fingerprint density at radius 1 is 0.810 bits per heavy atom. The van der Waals surface area contributed by atoms with E-state index in [0.29, 0.717) is 17.7 Å². The van der Waals surface area contributed by atoms with Crippen molar-refractivity contribution in [3.8, 4) is 5.75 Å². The fourth-order valence-electron chi connectivity index (χ4n) is 2.85. The molecule has 0 heterocycles. The van der Waals surface area contributed by atoms with Crippen LogP contribution in [0.1, 0.15) is 33.3 Å². The van der Waals surface area contributed by atoms with Gasteiger partial charge in [-0.2, -0.15) is 0 Å². The second kappa shape index (κ2) is 7.46. The van der Waals surface area contributed by atoms with E-state index in [0.717, 1.165) is 5.75 Å². The number of hydrogen-bond acceptors (Lipinski definition) is 1. The van der Waals surface area contributed by atoms with Crippen LogP contribution in [0.15, 0.2) is 54.6 Å². The smallest absolute Gasteiger partial charge is 0.118 e. The number of benzene rings is 2. The summed E-state index contributed by atoms with van der Waals surface area (Å²) in [4.78, 5) is 0. The molecule has 0 spiro atoms. The van der Waals surface area contributed by atoms with Gasteiger partial charge in [-0.1, -0.05) is 76.2 Å². The molecule has 2 heteroatoms. The second-order valence-corrected chi connectivity index (χ2v) is 9.79. The molecule has 0 unspecified atom stereocenters. The van der Waals surface area contributed by atoms with E-state index in [2.05, 4.69) is 76.2 Å². The summed E-state index contributed by atoms with van der Waals surface area (Å²) < 4.78 is 6.13. The zero-order valence-electron chi connectivity index (χ0n) is 13.5. The SMILES string of the molecule is CC(C)[Si](c1ccccc1OCc1ccccc1)C(C)C. The molecule has 21 heavy (non-hydrogen) atoms. The first-order valence-corrected chi connectivity index (χ1v) is 9.38. The number of rotatable bonds is 6. The highest BCUT2D eigenvalue weighted by Crippen LogP contribution is 2.24. The fourth-order valence-corrected chi connectivity index (χ4v) is 6.16. The van der Waals surface area contributed by atoms with E-state index in [9.17, 15) is 0 Å². The third kappa shape index (κ3) is 4.21. The topological polar surface area (TPSA) is 9.23 Å². The first kappa shape index (κ1) is 15.8. The third-order valence-corrected chi connectivity index (χ3v) is 7.20. The maximum atomic E-state index is 6.13. The standard InChI is InChI=1S/C19H25OSi/c1-15(2)21(16(3)4)19-13-9-8-12-18(19)20-14-17-10-6-5-7-11-17/h5-13,15-16H,14H2,1-4H3. The van der Waals surface area contributed by atoms with Gasteiger partial charge in [-0.15, -0.1) is 0 Å². The van der Waals surface area contributed by atoms with Gasteiger partial charge in [-0.25, -0.2) is 0 Å². The summed E-state index contributed by atoms with van der Waals surface area (Å²) in [6.07, 6.45) is 0. The fraction of sp³-hybridized carbons (Fsp3) is 0.368. The summed E-state index contributed by atoms with van der Waals surface area (Å²) in [5.41, 5.74) is 2.63. The van der Waals surface area contributed by atoms with Gasteiger partial charge in [-0.3, -0.25) is 0 Å². The molecule has 2 aromatic carbocycles. The Morgan fingerprint density at radius 2 is 1.38 bits per heavy atom. The molecule has 0 amide bonds. The lowest BCUT2D eigenvalue weighted by atomic mass is 10.2. The third-order valence-electron chi connectivity index (χ3n) is 3.68. The molecular formula is C19H25OSi. The van der Waals surface area contributed by atoms with Crippen molar-refractivity contribution in [3.63, 3.8) is 0 Å². The zero-order chi connectivity index (χ0) is 15.2. The van der Waals surface area contributed by atoms with E-state index in [1.54, 1.807) is 0 Å². The van der Waals surface area contributed by atoms with Crippen molar-refractivity contribution in [3.05, 3.63) is 60.2 Å². The first-order chi connectivity index (χ1) is 10.1. The molecule has 111 valence electrons. The molecule has 0 aliphatic carbocycles. The zero-order valence-corrected chi connectivity index (χ0v) is 14.5. The summed E-state index contributed by atoms with van der Waals surface area (Å²) in [6.45, 7) is 9.98. The largest absolute Gasteiger partial charge is 0.489 e. The highest BCUT2D eigenvalue weighted by atomic mass is 28.3. The Morgan fingerprint density at radius 3 is 2.00 bits per heavy atom.